The van der Waals surface area contributed by atoms with E-state index in [0.717, 1.165) is 11.1 Å². The van der Waals surface area contributed by atoms with Crippen LogP contribution in [0.25, 0.3) is 0 Å². The number of aliphatic hydroxyl groups excluding tert-OH is 1. The third-order valence-electron chi connectivity index (χ3n) is 4.81. The second kappa shape index (κ2) is 8.38. The summed E-state index contributed by atoms with van der Waals surface area (Å²) in [4.78, 5) is 20.3. The maximum absolute atomic E-state index is 13.1. The average Bonchev–Trinajstić information content (AvgIpc) is 2.63. The van der Waals surface area contributed by atoms with Crippen molar-refractivity contribution in [2.45, 2.75) is 25.0 Å². The number of likely N-dealkylation sites (tertiary alicyclic amines) is 1. The number of nitrogens with zero attached hydrogens (tertiary/aromatic N) is 3. The molecule has 1 N–H and O–H groups in total. The number of piperidine rings is 1. The molecule has 1 saturated heterocycles. The summed E-state index contributed by atoms with van der Waals surface area (Å²) in [5.41, 5.74) is 1.97. The Kier molecular flexibility index (Phi) is 5.96. The van der Waals surface area contributed by atoms with Gasteiger partial charge in [-0.3, -0.25) is 14.7 Å². The van der Waals surface area contributed by atoms with Gasteiger partial charge in [0.25, 0.3) is 0 Å². The minimum absolute atomic E-state index is 0.00740. The Morgan fingerprint density at radius 2 is 2.12 bits per heavy atom. The molecule has 1 amide bonds. The van der Waals surface area contributed by atoms with Crippen molar-refractivity contribution < 1.29 is 14.3 Å². The molecule has 1 aromatic carbocycles. The summed E-state index contributed by atoms with van der Waals surface area (Å²) in [5.74, 6) is -0.340. The minimum Gasteiger partial charge on any atom is -0.391 e. The van der Waals surface area contributed by atoms with Crippen LogP contribution in [0.1, 0.15) is 23.5 Å². The van der Waals surface area contributed by atoms with E-state index >= 15 is 0 Å². The lowest BCUT2D eigenvalue weighted by atomic mass is 9.87. The molecule has 0 unspecified atom stereocenters. The molecule has 1 aliphatic rings. The van der Waals surface area contributed by atoms with Gasteiger partial charge in [0.15, 0.2) is 0 Å². The summed E-state index contributed by atoms with van der Waals surface area (Å²) in [6.45, 7) is 1.84. The normalized spacial score (nSPS) is 20.4. The molecular weight excluding hydrogens is 333 g/mol. The Morgan fingerprint density at radius 1 is 1.35 bits per heavy atom. The number of pyridine rings is 1. The number of hydrogen-bond donors (Lipinski definition) is 1. The van der Waals surface area contributed by atoms with Crippen LogP contribution in [0.4, 0.5) is 4.39 Å². The maximum Gasteiger partial charge on any atom is 0.236 e. The number of likely N-dealkylation sites (N-methyl/N-ethyl adjacent to an activating group) is 1. The molecule has 0 radical (unpaired) electrons. The van der Waals surface area contributed by atoms with Gasteiger partial charge in [0.05, 0.1) is 12.6 Å². The molecule has 0 spiro atoms. The Labute approximate surface area is 153 Å². The quantitative estimate of drug-likeness (QED) is 0.890. The van der Waals surface area contributed by atoms with Crippen LogP contribution in [0.15, 0.2) is 48.8 Å². The first-order chi connectivity index (χ1) is 12.5. The van der Waals surface area contributed by atoms with Crippen LogP contribution in [-0.4, -0.2) is 58.6 Å². The lowest BCUT2D eigenvalue weighted by molar-refractivity contribution is -0.135. The van der Waals surface area contributed by atoms with E-state index < -0.39 is 6.10 Å². The van der Waals surface area contributed by atoms with Gasteiger partial charge in [0, 0.05) is 37.9 Å². The van der Waals surface area contributed by atoms with E-state index in [0.29, 0.717) is 32.6 Å². The topological polar surface area (TPSA) is 56.7 Å². The maximum atomic E-state index is 13.1. The number of β-amino-alcohol motifs (C(OH)–C–C–N with tert-alkyl or cyclic N) is 1. The van der Waals surface area contributed by atoms with Crippen molar-refractivity contribution in [3.05, 3.63) is 65.7 Å². The number of rotatable bonds is 5. The van der Waals surface area contributed by atoms with E-state index in [4.69, 9.17) is 0 Å². The van der Waals surface area contributed by atoms with Crippen molar-refractivity contribution >= 4 is 5.91 Å². The fourth-order valence-electron chi connectivity index (χ4n) is 3.45. The van der Waals surface area contributed by atoms with E-state index in [9.17, 15) is 14.3 Å². The van der Waals surface area contributed by atoms with Crippen molar-refractivity contribution in [3.8, 4) is 0 Å². The molecule has 0 bridgehead atoms. The van der Waals surface area contributed by atoms with Crippen LogP contribution < -0.4 is 0 Å². The van der Waals surface area contributed by atoms with Crippen molar-refractivity contribution in [3.63, 3.8) is 0 Å². The number of halogens is 1. The highest BCUT2D eigenvalue weighted by atomic mass is 19.1. The molecule has 1 aliphatic heterocycles. The summed E-state index contributed by atoms with van der Waals surface area (Å²) in [6.07, 6.45) is 3.55. The lowest BCUT2D eigenvalue weighted by Gasteiger charge is -2.37. The van der Waals surface area contributed by atoms with Gasteiger partial charge < -0.3 is 10.0 Å². The van der Waals surface area contributed by atoms with Crippen LogP contribution in [0.5, 0.6) is 0 Å². The lowest BCUT2D eigenvalue weighted by Crippen LogP contribution is -2.48. The van der Waals surface area contributed by atoms with Gasteiger partial charge in [0.1, 0.15) is 5.82 Å². The predicted octanol–water partition coefficient (Wildman–Crippen LogP) is 2.03. The molecule has 5 nitrogen and oxygen atoms in total. The second-order valence-corrected chi connectivity index (χ2v) is 6.89. The minimum atomic E-state index is -0.637. The number of aliphatic hydroxyl groups is 1. The Balaban J connectivity index is 1.53. The summed E-state index contributed by atoms with van der Waals surface area (Å²) in [6, 6.07) is 10.1. The van der Waals surface area contributed by atoms with Gasteiger partial charge in [-0.05, 0) is 42.8 Å². The third-order valence-corrected chi connectivity index (χ3v) is 4.81. The first-order valence-corrected chi connectivity index (χ1v) is 8.81. The molecule has 2 aromatic rings. The monoisotopic (exact) mass is 357 g/mol. The van der Waals surface area contributed by atoms with Crippen molar-refractivity contribution in [2.75, 3.05) is 26.7 Å². The first-order valence-electron chi connectivity index (χ1n) is 8.81. The summed E-state index contributed by atoms with van der Waals surface area (Å²) >= 11 is 0. The Morgan fingerprint density at radius 3 is 2.77 bits per heavy atom. The molecule has 2 heterocycles. The van der Waals surface area contributed by atoms with E-state index in [-0.39, 0.29) is 17.6 Å². The van der Waals surface area contributed by atoms with E-state index in [1.165, 1.54) is 12.1 Å². The molecule has 3 rings (SSSR count). The largest absolute Gasteiger partial charge is 0.391 e. The molecule has 1 aromatic heterocycles. The van der Waals surface area contributed by atoms with Crippen LogP contribution >= 0.6 is 0 Å². The second-order valence-electron chi connectivity index (χ2n) is 6.89. The third kappa shape index (κ3) is 4.65. The number of amides is 1. The smallest absolute Gasteiger partial charge is 0.236 e. The van der Waals surface area contributed by atoms with Crippen LogP contribution in [-0.2, 0) is 11.3 Å². The summed E-state index contributed by atoms with van der Waals surface area (Å²) < 4.78 is 13.1. The van der Waals surface area contributed by atoms with Crippen molar-refractivity contribution in [1.29, 1.82) is 0 Å². The van der Waals surface area contributed by atoms with Crippen LogP contribution in [0, 0.1) is 5.82 Å². The van der Waals surface area contributed by atoms with Gasteiger partial charge >= 0.3 is 0 Å². The number of aromatic nitrogens is 1. The Bertz CT molecular complexity index is 724. The number of benzene rings is 1. The van der Waals surface area contributed by atoms with Gasteiger partial charge in [-0.1, -0.05) is 18.2 Å². The molecule has 26 heavy (non-hydrogen) atoms. The number of hydrogen-bond acceptors (Lipinski definition) is 4. The summed E-state index contributed by atoms with van der Waals surface area (Å²) in [5, 5.41) is 10.5. The fourth-order valence-corrected chi connectivity index (χ4v) is 3.45. The zero-order valence-electron chi connectivity index (χ0n) is 14.9. The fraction of sp³-hybridized carbons (Fsp3) is 0.400. The van der Waals surface area contributed by atoms with E-state index in [1.54, 1.807) is 29.4 Å². The molecule has 138 valence electrons. The van der Waals surface area contributed by atoms with E-state index in [1.807, 2.05) is 24.1 Å². The van der Waals surface area contributed by atoms with Crippen molar-refractivity contribution in [1.82, 2.24) is 14.8 Å². The molecule has 2 atom stereocenters. The highest BCUT2D eigenvalue weighted by molar-refractivity contribution is 5.78. The molecular formula is C20H24FN3O2. The predicted molar refractivity (Wildman–Crippen MR) is 96.9 cm³/mol. The molecule has 0 saturated carbocycles. The van der Waals surface area contributed by atoms with Gasteiger partial charge in [-0.15, -0.1) is 0 Å². The number of carbonyl (C=O) groups excluding carboxylic acids is 1. The van der Waals surface area contributed by atoms with Gasteiger partial charge in [0.2, 0.25) is 5.91 Å². The molecule has 0 aliphatic carbocycles. The first kappa shape index (κ1) is 18.5. The van der Waals surface area contributed by atoms with E-state index in [2.05, 4.69) is 4.98 Å². The van der Waals surface area contributed by atoms with Gasteiger partial charge in [-0.2, -0.15) is 0 Å². The van der Waals surface area contributed by atoms with Crippen LogP contribution in [0.2, 0.25) is 0 Å². The average molecular weight is 357 g/mol. The zero-order valence-corrected chi connectivity index (χ0v) is 14.9. The molecule has 6 heteroatoms. The highest BCUT2D eigenvalue weighted by Crippen LogP contribution is 2.28. The summed E-state index contributed by atoms with van der Waals surface area (Å²) in [7, 11) is 1.90. The zero-order chi connectivity index (χ0) is 18.5. The highest BCUT2D eigenvalue weighted by Gasteiger charge is 2.31. The SMILES string of the molecule is CN(CC(=O)N1CC[C@@H](c2ccc(F)cc2)[C@H](O)C1)Cc1cccnc1. The van der Waals surface area contributed by atoms with Crippen LogP contribution in [0.3, 0.4) is 0 Å². The standard InChI is InChI=1S/C20H24FN3O2/c1-23(12-15-3-2-9-22-11-15)14-20(26)24-10-8-18(19(25)13-24)16-4-6-17(21)7-5-16/h2-7,9,11,18-19,25H,8,10,12-14H2,1H3/t18-,19+/m0/s1. The number of carbonyl (C=O) groups is 1. The van der Waals surface area contributed by atoms with Crippen molar-refractivity contribution in [2.24, 2.45) is 0 Å². The Hall–Kier alpha value is -2.31. The molecule has 1 fully saturated rings. The van der Waals surface area contributed by atoms with Gasteiger partial charge in [-0.25, -0.2) is 4.39 Å².